The molecular formula is C46H51ClN8O6. The summed E-state index contributed by atoms with van der Waals surface area (Å²) in [6, 6.07) is 16.1. The molecule has 2 aromatic heterocycles. The van der Waals surface area contributed by atoms with Crippen molar-refractivity contribution in [1.29, 1.82) is 0 Å². The topological polar surface area (TPSA) is 175 Å². The molecule has 1 unspecified atom stereocenters. The third-order valence-corrected chi connectivity index (χ3v) is 12.6. The Bertz CT molecular complexity index is 2580. The minimum absolute atomic E-state index is 0.0780. The molecule has 2 aliphatic heterocycles. The highest BCUT2D eigenvalue weighted by Crippen LogP contribution is 2.50. The molecule has 1 saturated carbocycles. The number of benzene rings is 3. The number of H-pyrrole nitrogens is 2. The van der Waals surface area contributed by atoms with Crippen LogP contribution in [-0.4, -0.2) is 92.6 Å². The quantitative estimate of drug-likeness (QED) is 0.101. The van der Waals surface area contributed by atoms with Crippen LogP contribution in [0.5, 0.6) is 0 Å². The number of carbonyl (C=O) groups excluding carboxylic acids is 4. The Hall–Kier alpha value is -6.15. The van der Waals surface area contributed by atoms with Crippen molar-refractivity contribution in [3.63, 3.8) is 0 Å². The summed E-state index contributed by atoms with van der Waals surface area (Å²) in [5.74, 6) is 0.943. The number of carbonyl (C=O) groups is 4. The molecule has 3 fully saturated rings. The molecule has 14 nitrogen and oxygen atoms in total. The highest BCUT2D eigenvalue weighted by molar-refractivity contribution is 6.32. The summed E-state index contributed by atoms with van der Waals surface area (Å²) in [4.78, 5) is 72.6. The Morgan fingerprint density at radius 2 is 1.59 bits per heavy atom. The van der Waals surface area contributed by atoms with Crippen molar-refractivity contribution in [2.45, 2.75) is 83.6 Å². The van der Waals surface area contributed by atoms with Crippen LogP contribution in [0.15, 0.2) is 78.4 Å². The van der Waals surface area contributed by atoms with Crippen LogP contribution in [0.1, 0.15) is 77.1 Å². The van der Waals surface area contributed by atoms with Gasteiger partial charge in [0.05, 0.1) is 31.3 Å². The summed E-state index contributed by atoms with van der Waals surface area (Å²) < 4.78 is 9.61. The molecule has 3 aliphatic rings. The zero-order valence-corrected chi connectivity index (χ0v) is 35.9. The molecule has 2 saturated heterocycles. The Morgan fingerprint density at radius 1 is 0.885 bits per heavy atom. The van der Waals surface area contributed by atoms with Crippen molar-refractivity contribution in [3.8, 4) is 22.4 Å². The Balaban J connectivity index is 1.03. The van der Waals surface area contributed by atoms with Gasteiger partial charge >= 0.3 is 12.2 Å². The number of ether oxygens (including phenoxy) is 2. The number of halogens is 1. The molecule has 318 valence electrons. The van der Waals surface area contributed by atoms with Gasteiger partial charge in [-0.3, -0.25) is 9.59 Å². The average molecular weight is 847 g/mol. The van der Waals surface area contributed by atoms with E-state index in [1.807, 2.05) is 62.9 Å². The zero-order valence-electron chi connectivity index (χ0n) is 35.2. The van der Waals surface area contributed by atoms with Crippen LogP contribution in [0.2, 0.25) is 5.15 Å². The van der Waals surface area contributed by atoms with Gasteiger partial charge in [0.25, 0.3) is 0 Å². The smallest absolute Gasteiger partial charge is 0.407 e. The number of allylic oxidation sites excluding steroid dienone is 1. The van der Waals surface area contributed by atoms with Crippen molar-refractivity contribution in [1.82, 2.24) is 40.4 Å². The van der Waals surface area contributed by atoms with Gasteiger partial charge in [-0.25, -0.2) is 19.6 Å². The standard InChI is InChI=1S/C46H51ClN8O6/c1-23(2)20-34(49-45(58)60-6)43(56)55-31-15-12-30(22-31)39(55)42-48-33-17-14-29-21-28(13-16-32(29)37(33)51-42)26-8-10-27(11-9-26)36-40(47)53-41(50-36)38-25(5)18-19-54(38)44(57)35(24(3)4)52-46(59)61-7/h8-11,13-14,16-17,20-21,24,30-31,34-35,38-39H,5,12,15,18-19,22H2,1-4,6-7H3,(H,48,51)(H,49,58)(H,50,53)(H,52,59)/t30-,31?,34-,35-,38-,39-/m0/s1. The second-order valence-corrected chi connectivity index (χ2v) is 17.2. The first-order chi connectivity index (χ1) is 29.3. The lowest BCUT2D eigenvalue weighted by atomic mass is 9.97. The number of likely N-dealkylation sites (tertiary alicyclic amines) is 2. The van der Waals surface area contributed by atoms with Gasteiger partial charge in [-0.1, -0.05) is 86.1 Å². The number of methoxy groups -OCH3 is 2. The number of piperidine rings is 1. The maximum Gasteiger partial charge on any atom is 0.407 e. The number of alkyl carbamates (subject to hydrolysis) is 2. The van der Waals surface area contributed by atoms with Gasteiger partial charge in [-0.15, -0.1) is 0 Å². The van der Waals surface area contributed by atoms with Gasteiger partial charge in [0.2, 0.25) is 11.8 Å². The molecule has 61 heavy (non-hydrogen) atoms. The molecule has 5 aromatic rings. The van der Waals surface area contributed by atoms with E-state index in [-0.39, 0.29) is 35.7 Å². The molecular weight excluding hydrogens is 796 g/mol. The number of imidazole rings is 2. The summed E-state index contributed by atoms with van der Waals surface area (Å²) in [6.45, 7) is 12.2. The molecule has 15 heteroatoms. The van der Waals surface area contributed by atoms with E-state index in [0.29, 0.717) is 29.6 Å². The molecule has 4 N–H and O–H groups in total. The van der Waals surface area contributed by atoms with E-state index in [1.54, 1.807) is 11.0 Å². The lowest BCUT2D eigenvalue weighted by Gasteiger charge is -2.36. The highest BCUT2D eigenvalue weighted by Gasteiger charge is 2.51. The fourth-order valence-electron chi connectivity index (χ4n) is 9.37. The monoisotopic (exact) mass is 846 g/mol. The molecule has 8 rings (SSSR count). The number of nitrogens with one attached hydrogen (secondary N) is 4. The van der Waals surface area contributed by atoms with E-state index in [2.05, 4.69) is 51.4 Å². The Labute approximate surface area is 359 Å². The van der Waals surface area contributed by atoms with E-state index in [4.69, 9.17) is 31.0 Å². The average Bonchev–Trinajstić information content (AvgIpc) is 4.10. The van der Waals surface area contributed by atoms with E-state index in [1.165, 1.54) is 14.2 Å². The van der Waals surface area contributed by atoms with Crippen molar-refractivity contribution in [2.24, 2.45) is 11.8 Å². The number of fused-ring (bicyclic) bond motifs is 5. The number of rotatable bonds is 10. The maximum absolute atomic E-state index is 14.1. The minimum atomic E-state index is -0.840. The molecule has 0 radical (unpaired) electrons. The first-order valence-corrected chi connectivity index (χ1v) is 21.1. The number of aromatic nitrogens is 4. The normalized spacial score (nSPS) is 20.6. The van der Waals surface area contributed by atoms with E-state index in [0.717, 1.165) is 74.7 Å². The maximum atomic E-state index is 14.1. The number of amides is 4. The third-order valence-electron chi connectivity index (χ3n) is 12.3. The van der Waals surface area contributed by atoms with Crippen LogP contribution in [0.3, 0.4) is 0 Å². The number of aromatic amines is 2. The van der Waals surface area contributed by atoms with Gasteiger partial charge in [0.1, 0.15) is 40.6 Å². The van der Waals surface area contributed by atoms with Crippen molar-refractivity contribution >= 4 is 57.4 Å². The second-order valence-electron chi connectivity index (χ2n) is 16.9. The first-order valence-electron chi connectivity index (χ1n) is 20.7. The Kier molecular flexibility index (Phi) is 11.4. The Morgan fingerprint density at radius 3 is 2.30 bits per heavy atom. The fourth-order valence-corrected chi connectivity index (χ4v) is 9.62. The van der Waals surface area contributed by atoms with E-state index in [9.17, 15) is 19.2 Å². The molecule has 3 aromatic carbocycles. The van der Waals surface area contributed by atoms with Gasteiger partial charge in [0, 0.05) is 23.5 Å². The summed E-state index contributed by atoms with van der Waals surface area (Å²) >= 11 is 6.77. The summed E-state index contributed by atoms with van der Waals surface area (Å²) in [7, 11) is 2.56. The molecule has 4 heterocycles. The zero-order chi connectivity index (χ0) is 43.3. The second kappa shape index (κ2) is 16.7. The van der Waals surface area contributed by atoms with E-state index < -0.39 is 30.3 Å². The largest absolute Gasteiger partial charge is 0.453 e. The van der Waals surface area contributed by atoms with Gasteiger partial charge in [-0.05, 0) is 85.6 Å². The predicted octanol–water partition coefficient (Wildman–Crippen LogP) is 8.38. The van der Waals surface area contributed by atoms with E-state index >= 15 is 0 Å². The molecule has 6 atom stereocenters. The molecule has 0 spiro atoms. The van der Waals surface area contributed by atoms with Crippen LogP contribution in [0.4, 0.5) is 9.59 Å². The first kappa shape index (κ1) is 41.6. The van der Waals surface area contributed by atoms with Gasteiger partial charge in [-0.2, -0.15) is 0 Å². The van der Waals surface area contributed by atoms with Gasteiger partial charge in [0.15, 0.2) is 0 Å². The summed E-state index contributed by atoms with van der Waals surface area (Å²) in [5, 5.41) is 7.76. The molecule has 4 amide bonds. The number of nitrogens with zero attached hydrogens (tertiary/aromatic N) is 4. The number of hydrogen-bond donors (Lipinski definition) is 4. The van der Waals surface area contributed by atoms with Crippen molar-refractivity contribution in [3.05, 3.63) is 95.2 Å². The SMILES string of the molecule is C=C1CCN(C(=O)[C@@H](NC(=O)OC)C(C)C)[C@@H]1c1nc(-c2ccc(-c3ccc4c(ccc5[nH]c([C@@H]6[C@H]7CCC(C7)N6C(=O)[C@H](C=C(C)C)NC(=O)OC)nc54)c3)cc2)c(Cl)[nH]1. The van der Waals surface area contributed by atoms with Crippen molar-refractivity contribution in [2.75, 3.05) is 20.8 Å². The van der Waals surface area contributed by atoms with Crippen LogP contribution in [0, 0.1) is 11.8 Å². The number of hydrogen-bond acceptors (Lipinski definition) is 8. The summed E-state index contributed by atoms with van der Waals surface area (Å²) in [6.07, 6.45) is 3.87. The highest BCUT2D eigenvalue weighted by atomic mass is 35.5. The van der Waals surface area contributed by atoms with Crippen molar-refractivity contribution < 1.29 is 28.7 Å². The fraction of sp³-hybridized carbons (Fsp3) is 0.391. The lowest BCUT2D eigenvalue weighted by molar-refractivity contribution is -0.137. The predicted molar refractivity (Wildman–Crippen MR) is 233 cm³/mol. The van der Waals surface area contributed by atoms with Crippen LogP contribution < -0.4 is 10.6 Å². The lowest BCUT2D eigenvalue weighted by Crippen LogP contribution is -2.51. The minimum Gasteiger partial charge on any atom is -0.453 e. The van der Waals surface area contributed by atoms with Gasteiger partial charge < -0.3 is 39.9 Å². The molecule has 1 aliphatic carbocycles. The van der Waals surface area contributed by atoms with Crippen LogP contribution in [0.25, 0.3) is 44.2 Å². The third kappa shape index (κ3) is 7.84. The molecule has 2 bridgehead atoms. The van der Waals surface area contributed by atoms with Crippen LogP contribution >= 0.6 is 11.6 Å². The van der Waals surface area contributed by atoms with Crippen LogP contribution in [-0.2, 0) is 19.1 Å². The summed E-state index contributed by atoms with van der Waals surface area (Å²) in [5.41, 5.74) is 6.85.